The lowest BCUT2D eigenvalue weighted by molar-refractivity contribution is 0.191. The normalized spacial score (nSPS) is 23.6. The summed E-state index contributed by atoms with van der Waals surface area (Å²) in [7, 11) is 4.82. The third-order valence-corrected chi connectivity index (χ3v) is 8.71. The summed E-state index contributed by atoms with van der Waals surface area (Å²) in [6, 6.07) is 6.13. The molecule has 2 heterocycles. The van der Waals surface area contributed by atoms with Crippen molar-refractivity contribution in [3.05, 3.63) is 18.2 Å². The first-order valence-corrected chi connectivity index (χ1v) is 15.2. The summed E-state index contributed by atoms with van der Waals surface area (Å²) in [6.07, 6.45) is 13.6. The molecule has 212 valence electrons. The number of rotatable bonds is 7. The Morgan fingerprint density at radius 3 is 2.18 bits per heavy atom. The van der Waals surface area contributed by atoms with Crippen molar-refractivity contribution in [2.24, 2.45) is 21.6 Å². The Morgan fingerprint density at radius 1 is 0.949 bits per heavy atom. The van der Waals surface area contributed by atoms with Gasteiger partial charge in [-0.3, -0.25) is 11.1 Å². The molecular formula is C28H41N7O3S. The maximum atomic E-state index is 7.06. The van der Waals surface area contributed by atoms with Crippen LogP contribution in [0.5, 0.6) is 17.2 Å². The Morgan fingerprint density at radius 2 is 1.59 bits per heavy atom. The average Bonchev–Trinajstić information content (AvgIpc) is 3.42. The number of nitrogens with two attached hydrogens (primary N) is 1. The highest BCUT2D eigenvalue weighted by atomic mass is 32.2. The van der Waals surface area contributed by atoms with Crippen molar-refractivity contribution < 1.29 is 14.2 Å². The third-order valence-electron chi connectivity index (χ3n) is 8.00. The number of hydrogen-bond donors (Lipinski definition) is 3. The van der Waals surface area contributed by atoms with Crippen molar-refractivity contribution in [1.82, 2.24) is 20.4 Å². The lowest BCUT2D eigenvalue weighted by Gasteiger charge is -2.41. The van der Waals surface area contributed by atoms with Crippen LogP contribution in [0.4, 0.5) is 0 Å². The van der Waals surface area contributed by atoms with E-state index in [4.69, 9.17) is 35.0 Å². The number of ether oxygens (including phenoxy) is 3. The molecule has 11 heteroatoms. The van der Waals surface area contributed by atoms with Crippen molar-refractivity contribution >= 4 is 23.7 Å². The Labute approximate surface area is 235 Å². The first-order valence-electron chi connectivity index (χ1n) is 13.9. The van der Waals surface area contributed by atoms with Crippen LogP contribution in [0, 0.1) is 5.92 Å². The molecule has 1 aromatic heterocycles. The van der Waals surface area contributed by atoms with Crippen molar-refractivity contribution in [2.75, 3.05) is 27.6 Å². The molecule has 3 aliphatic rings. The lowest BCUT2D eigenvalue weighted by atomic mass is 9.84. The third kappa shape index (κ3) is 5.84. The van der Waals surface area contributed by atoms with Crippen LogP contribution >= 0.6 is 11.8 Å². The number of nitrogens with zero attached hydrogens (tertiary/aromatic N) is 4. The molecule has 0 amide bonds. The van der Waals surface area contributed by atoms with Gasteiger partial charge in [-0.2, -0.15) is 9.78 Å². The van der Waals surface area contributed by atoms with Crippen LogP contribution in [0.2, 0.25) is 0 Å². The molecule has 0 radical (unpaired) electrons. The Balaban J connectivity index is 1.55. The second-order valence-corrected chi connectivity index (χ2v) is 11.3. The molecule has 2 aromatic rings. The molecule has 1 unspecified atom stereocenters. The molecule has 4 N–H and O–H groups in total. The van der Waals surface area contributed by atoms with E-state index < -0.39 is 5.79 Å². The molecule has 1 aliphatic heterocycles. The second-order valence-electron chi connectivity index (χ2n) is 10.5. The van der Waals surface area contributed by atoms with E-state index in [1.165, 1.54) is 38.5 Å². The van der Waals surface area contributed by atoms with Gasteiger partial charge in [0.1, 0.15) is 5.03 Å². The van der Waals surface area contributed by atoms with Gasteiger partial charge in [0.05, 0.1) is 33.1 Å². The quantitative estimate of drug-likeness (QED) is 0.425. The van der Waals surface area contributed by atoms with Crippen molar-refractivity contribution in [3.63, 3.8) is 0 Å². The number of hydrogen-bond acceptors (Lipinski definition) is 8. The van der Waals surface area contributed by atoms with E-state index in [2.05, 4.69) is 10.6 Å². The fourth-order valence-corrected chi connectivity index (χ4v) is 6.41. The summed E-state index contributed by atoms with van der Waals surface area (Å²) in [4.78, 5) is 10.2. The van der Waals surface area contributed by atoms with E-state index >= 15 is 0 Å². The van der Waals surface area contributed by atoms with Crippen LogP contribution in [-0.2, 0) is 0 Å². The van der Waals surface area contributed by atoms with Gasteiger partial charge < -0.3 is 19.5 Å². The maximum absolute atomic E-state index is 7.06. The molecule has 1 aromatic carbocycles. The van der Waals surface area contributed by atoms with Crippen molar-refractivity contribution in [1.29, 1.82) is 0 Å². The van der Waals surface area contributed by atoms with Crippen LogP contribution in [0.3, 0.4) is 0 Å². The summed E-state index contributed by atoms with van der Waals surface area (Å²) in [5, 5.41) is 12.9. The molecule has 2 saturated carbocycles. The molecule has 0 bridgehead atoms. The molecule has 10 nitrogen and oxygen atoms in total. The summed E-state index contributed by atoms with van der Waals surface area (Å²) in [5.41, 5.74) is 8.66. The highest BCUT2D eigenvalue weighted by Gasteiger charge is 2.40. The zero-order chi connectivity index (χ0) is 27.4. The number of aliphatic imine (C=N–C) groups is 2. The van der Waals surface area contributed by atoms with Gasteiger partial charge in [-0.1, -0.05) is 38.5 Å². The fraction of sp³-hybridized carbons (Fsp3) is 0.607. The zero-order valence-electron chi connectivity index (χ0n) is 23.5. The van der Waals surface area contributed by atoms with E-state index in [9.17, 15) is 0 Å². The number of benzene rings is 1. The van der Waals surface area contributed by atoms with Gasteiger partial charge in [0.2, 0.25) is 17.7 Å². The van der Waals surface area contributed by atoms with E-state index in [0.717, 1.165) is 42.0 Å². The highest BCUT2D eigenvalue weighted by Crippen LogP contribution is 2.41. The van der Waals surface area contributed by atoms with Crippen LogP contribution in [0.25, 0.3) is 11.3 Å². The Hall–Kier alpha value is -2.92. The smallest absolute Gasteiger partial charge is 0.230 e. The maximum Gasteiger partial charge on any atom is 0.230 e. The minimum atomic E-state index is -0.942. The largest absolute Gasteiger partial charge is 0.493 e. The molecule has 1 atom stereocenters. The number of methoxy groups -OCH3 is 3. The summed E-state index contributed by atoms with van der Waals surface area (Å²) in [5.74, 6) is 2.25. The van der Waals surface area contributed by atoms with Gasteiger partial charge in [0, 0.05) is 11.5 Å². The minimum Gasteiger partial charge on any atom is -0.493 e. The van der Waals surface area contributed by atoms with Gasteiger partial charge in [-0.05, 0) is 50.1 Å². The topological polar surface area (TPSA) is 120 Å². The monoisotopic (exact) mass is 555 g/mol. The fourth-order valence-electron chi connectivity index (χ4n) is 5.88. The first-order chi connectivity index (χ1) is 19.0. The van der Waals surface area contributed by atoms with Crippen LogP contribution in [0.15, 0.2) is 33.2 Å². The number of aromatic nitrogens is 2. The standard InChI is InChI=1S/C28H41N7O3S/c1-36-22-15-18(16-23(37-2)25(22)38-3)21-17-24(39-4)35(34-21)27-31-26(30-20-13-9-6-10-14-20)32-28(29,33-27)19-11-7-5-8-12-19/h15-17,19-20H,5-14,29H2,1-4H3,(H2,30,31,32,33). The Bertz CT molecular complexity index is 1190. The molecular weight excluding hydrogens is 514 g/mol. The zero-order valence-corrected chi connectivity index (χ0v) is 24.3. The SMILES string of the molecule is COc1cc(-c2cc(SC)n(C3=NC(N)(C4CCCCC4)NC(=NC4CCCCC4)N3)n2)cc(OC)c1OC. The van der Waals surface area contributed by atoms with Gasteiger partial charge in [0.25, 0.3) is 0 Å². The molecule has 2 fully saturated rings. The molecule has 0 spiro atoms. The van der Waals surface area contributed by atoms with Crippen LogP contribution < -0.4 is 30.6 Å². The summed E-state index contributed by atoms with van der Waals surface area (Å²) >= 11 is 1.60. The van der Waals surface area contributed by atoms with Crippen LogP contribution in [-0.4, -0.2) is 61.1 Å². The van der Waals surface area contributed by atoms with E-state index in [-0.39, 0.29) is 12.0 Å². The van der Waals surface area contributed by atoms with Crippen LogP contribution in [0.1, 0.15) is 64.2 Å². The van der Waals surface area contributed by atoms with Crippen molar-refractivity contribution in [2.45, 2.75) is 81.1 Å². The van der Waals surface area contributed by atoms with Crippen molar-refractivity contribution in [3.8, 4) is 28.5 Å². The van der Waals surface area contributed by atoms with E-state index in [1.807, 2.05) is 29.1 Å². The highest BCUT2D eigenvalue weighted by molar-refractivity contribution is 7.98. The molecule has 2 aliphatic carbocycles. The summed E-state index contributed by atoms with van der Waals surface area (Å²) in [6.45, 7) is 0. The van der Waals surface area contributed by atoms with Gasteiger partial charge in [0.15, 0.2) is 17.3 Å². The predicted octanol–water partition coefficient (Wildman–Crippen LogP) is 4.58. The van der Waals surface area contributed by atoms with Gasteiger partial charge in [-0.15, -0.1) is 11.8 Å². The average molecular weight is 556 g/mol. The number of guanidine groups is 1. The minimum absolute atomic E-state index is 0.225. The first kappa shape index (κ1) is 27.6. The van der Waals surface area contributed by atoms with E-state index in [0.29, 0.717) is 29.2 Å². The lowest BCUT2D eigenvalue weighted by Crippen LogP contribution is -2.68. The van der Waals surface area contributed by atoms with Gasteiger partial charge in [-0.25, -0.2) is 9.98 Å². The molecule has 0 saturated heterocycles. The number of thioether (sulfide) groups is 1. The molecule has 39 heavy (non-hydrogen) atoms. The van der Waals surface area contributed by atoms with E-state index in [1.54, 1.807) is 33.1 Å². The summed E-state index contributed by atoms with van der Waals surface area (Å²) < 4.78 is 18.5. The van der Waals surface area contributed by atoms with Gasteiger partial charge >= 0.3 is 0 Å². The molecule has 5 rings (SSSR count). The number of nitrogens with one attached hydrogen (secondary N) is 2. The Kier molecular flexibility index (Phi) is 8.56. The second kappa shape index (κ2) is 12.1. The predicted molar refractivity (Wildman–Crippen MR) is 156 cm³/mol.